The monoisotopic (exact) mass is 355 g/mol. The summed E-state index contributed by atoms with van der Waals surface area (Å²) in [5, 5.41) is 0. The second kappa shape index (κ2) is 7.91. The highest BCUT2D eigenvalue weighted by Crippen LogP contribution is 2.12. The standard InChI is InChI=1S/C20H19F2N3O/c1-2-24(20(26)16-6-8-17(21)9-7-16)14-19-23-10-11-25(19)13-15-4-3-5-18(22)12-15/h3-12H,2,13-14H2,1H3. The molecule has 1 aromatic heterocycles. The lowest BCUT2D eigenvalue weighted by molar-refractivity contribution is 0.0747. The Morgan fingerprint density at radius 1 is 1.12 bits per heavy atom. The van der Waals surface area contributed by atoms with E-state index in [2.05, 4.69) is 4.98 Å². The second-order valence-electron chi connectivity index (χ2n) is 5.93. The van der Waals surface area contributed by atoms with Gasteiger partial charge in [0, 0.05) is 31.0 Å². The second-order valence-corrected chi connectivity index (χ2v) is 5.93. The molecule has 6 heteroatoms. The average Bonchev–Trinajstić information content (AvgIpc) is 3.06. The molecule has 1 amide bonds. The minimum Gasteiger partial charge on any atom is -0.331 e. The molecule has 1 heterocycles. The van der Waals surface area contributed by atoms with Crippen LogP contribution in [0.2, 0.25) is 0 Å². The fourth-order valence-corrected chi connectivity index (χ4v) is 2.74. The summed E-state index contributed by atoms with van der Waals surface area (Å²) in [5.74, 6) is -0.152. The van der Waals surface area contributed by atoms with Crippen molar-refractivity contribution in [2.75, 3.05) is 6.54 Å². The summed E-state index contributed by atoms with van der Waals surface area (Å²) >= 11 is 0. The maximum absolute atomic E-state index is 13.4. The first kappa shape index (κ1) is 17.8. The summed E-state index contributed by atoms with van der Waals surface area (Å²) in [4.78, 5) is 18.6. The first-order valence-corrected chi connectivity index (χ1v) is 8.36. The maximum atomic E-state index is 13.4. The van der Waals surface area contributed by atoms with Crippen molar-refractivity contribution in [1.82, 2.24) is 14.5 Å². The van der Waals surface area contributed by atoms with Crippen molar-refractivity contribution in [3.63, 3.8) is 0 Å². The lowest BCUT2D eigenvalue weighted by Crippen LogP contribution is -2.31. The van der Waals surface area contributed by atoms with Crippen LogP contribution >= 0.6 is 0 Å². The van der Waals surface area contributed by atoms with Crippen molar-refractivity contribution in [3.05, 3.63) is 89.5 Å². The third kappa shape index (κ3) is 4.14. The molecular formula is C20H19F2N3O. The number of imidazole rings is 1. The summed E-state index contributed by atoms with van der Waals surface area (Å²) in [6.45, 7) is 3.15. The van der Waals surface area contributed by atoms with E-state index in [1.807, 2.05) is 17.6 Å². The predicted molar refractivity (Wildman–Crippen MR) is 94.5 cm³/mol. The lowest BCUT2D eigenvalue weighted by Gasteiger charge is -2.21. The van der Waals surface area contributed by atoms with Gasteiger partial charge < -0.3 is 9.47 Å². The van der Waals surface area contributed by atoms with E-state index in [-0.39, 0.29) is 17.5 Å². The van der Waals surface area contributed by atoms with Crippen molar-refractivity contribution < 1.29 is 13.6 Å². The number of amides is 1. The Kier molecular flexibility index (Phi) is 5.41. The van der Waals surface area contributed by atoms with Gasteiger partial charge in [-0.3, -0.25) is 4.79 Å². The Bertz CT molecular complexity index is 890. The van der Waals surface area contributed by atoms with Crippen LogP contribution in [0.15, 0.2) is 60.9 Å². The molecule has 3 rings (SSSR count). The molecule has 26 heavy (non-hydrogen) atoms. The number of benzene rings is 2. The van der Waals surface area contributed by atoms with Crippen LogP contribution in [0.5, 0.6) is 0 Å². The third-order valence-corrected chi connectivity index (χ3v) is 4.14. The molecule has 0 radical (unpaired) electrons. The van der Waals surface area contributed by atoms with Crippen molar-refractivity contribution in [2.24, 2.45) is 0 Å². The zero-order valence-electron chi connectivity index (χ0n) is 14.4. The van der Waals surface area contributed by atoms with E-state index in [1.54, 1.807) is 23.4 Å². The molecule has 0 aliphatic heterocycles. The third-order valence-electron chi connectivity index (χ3n) is 4.14. The van der Waals surface area contributed by atoms with Gasteiger partial charge in [-0.1, -0.05) is 12.1 Å². The fraction of sp³-hybridized carbons (Fsp3) is 0.200. The van der Waals surface area contributed by atoms with Gasteiger partial charge in [0.1, 0.15) is 17.5 Å². The summed E-state index contributed by atoms with van der Waals surface area (Å²) < 4.78 is 28.3. The zero-order valence-corrected chi connectivity index (χ0v) is 14.4. The van der Waals surface area contributed by atoms with Crippen molar-refractivity contribution in [1.29, 1.82) is 0 Å². The average molecular weight is 355 g/mol. The minimum atomic E-state index is -0.379. The highest BCUT2D eigenvalue weighted by atomic mass is 19.1. The smallest absolute Gasteiger partial charge is 0.254 e. The van der Waals surface area contributed by atoms with E-state index in [0.29, 0.717) is 31.0 Å². The van der Waals surface area contributed by atoms with Crippen molar-refractivity contribution in [2.45, 2.75) is 20.0 Å². The molecule has 0 unspecified atom stereocenters. The molecule has 4 nitrogen and oxygen atoms in total. The lowest BCUT2D eigenvalue weighted by atomic mass is 10.2. The largest absolute Gasteiger partial charge is 0.331 e. The van der Waals surface area contributed by atoms with Crippen LogP contribution in [0.3, 0.4) is 0 Å². The van der Waals surface area contributed by atoms with Crippen LogP contribution in [0.1, 0.15) is 28.7 Å². The van der Waals surface area contributed by atoms with Gasteiger partial charge in [0.15, 0.2) is 0 Å². The minimum absolute atomic E-state index is 0.187. The molecule has 3 aromatic rings. The molecular weight excluding hydrogens is 336 g/mol. The summed E-state index contributed by atoms with van der Waals surface area (Å²) in [6.07, 6.45) is 3.46. The molecule has 134 valence electrons. The van der Waals surface area contributed by atoms with E-state index in [4.69, 9.17) is 0 Å². The Morgan fingerprint density at radius 3 is 2.58 bits per heavy atom. The number of hydrogen-bond acceptors (Lipinski definition) is 2. The van der Waals surface area contributed by atoms with Gasteiger partial charge in [-0.2, -0.15) is 0 Å². The highest BCUT2D eigenvalue weighted by molar-refractivity contribution is 5.94. The van der Waals surface area contributed by atoms with Crippen LogP contribution in [-0.4, -0.2) is 26.9 Å². The number of carbonyl (C=O) groups excluding carboxylic acids is 1. The molecule has 0 saturated heterocycles. The molecule has 0 bridgehead atoms. The molecule has 0 aliphatic rings. The van der Waals surface area contributed by atoms with Crippen LogP contribution < -0.4 is 0 Å². The number of carbonyl (C=O) groups is 1. The topological polar surface area (TPSA) is 38.1 Å². The van der Waals surface area contributed by atoms with Gasteiger partial charge in [0.2, 0.25) is 0 Å². The Morgan fingerprint density at radius 2 is 1.88 bits per heavy atom. The Balaban J connectivity index is 1.76. The van der Waals surface area contributed by atoms with Gasteiger partial charge in [-0.05, 0) is 48.9 Å². The number of hydrogen-bond donors (Lipinski definition) is 0. The van der Waals surface area contributed by atoms with Crippen LogP contribution in [0.25, 0.3) is 0 Å². The van der Waals surface area contributed by atoms with Gasteiger partial charge in [0.05, 0.1) is 6.54 Å². The normalized spacial score (nSPS) is 10.7. The van der Waals surface area contributed by atoms with E-state index in [0.717, 1.165) is 5.56 Å². The summed E-state index contributed by atoms with van der Waals surface area (Å²) in [5.41, 5.74) is 1.24. The number of halogens is 2. The molecule has 0 saturated carbocycles. The maximum Gasteiger partial charge on any atom is 0.254 e. The molecule has 0 atom stereocenters. The SMILES string of the molecule is CCN(Cc1nccn1Cc1cccc(F)c1)C(=O)c1ccc(F)cc1. The zero-order chi connectivity index (χ0) is 18.5. The summed E-state index contributed by atoms with van der Waals surface area (Å²) in [7, 11) is 0. The van der Waals surface area contributed by atoms with E-state index in [1.165, 1.54) is 36.4 Å². The Hall–Kier alpha value is -3.02. The van der Waals surface area contributed by atoms with Gasteiger partial charge in [-0.15, -0.1) is 0 Å². The fourth-order valence-electron chi connectivity index (χ4n) is 2.74. The highest BCUT2D eigenvalue weighted by Gasteiger charge is 2.17. The van der Waals surface area contributed by atoms with Crippen molar-refractivity contribution >= 4 is 5.91 Å². The van der Waals surface area contributed by atoms with Crippen LogP contribution in [-0.2, 0) is 13.1 Å². The van der Waals surface area contributed by atoms with Gasteiger partial charge in [0.25, 0.3) is 5.91 Å². The first-order chi connectivity index (χ1) is 12.6. The quantitative estimate of drug-likeness (QED) is 0.673. The van der Waals surface area contributed by atoms with Crippen molar-refractivity contribution in [3.8, 4) is 0 Å². The van der Waals surface area contributed by atoms with E-state index >= 15 is 0 Å². The predicted octanol–water partition coefficient (Wildman–Crippen LogP) is 3.87. The number of aromatic nitrogens is 2. The van der Waals surface area contributed by atoms with Gasteiger partial charge in [-0.25, -0.2) is 13.8 Å². The molecule has 0 spiro atoms. The molecule has 0 fully saturated rings. The number of nitrogens with zero attached hydrogens (tertiary/aromatic N) is 3. The van der Waals surface area contributed by atoms with Gasteiger partial charge >= 0.3 is 0 Å². The van der Waals surface area contributed by atoms with E-state index in [9.17, 15) is 13.6 Å². The molecule has 0 N–H and O–H groups in total. The summed E-state index contributed by atoms with van der Waals surface area (Å²) in [6, 6.07) is 11.9. The first-order valence-electron chi connectivity index (χ1n) is 8.36. The van der Waals surface area contributed by atoms with Crippen LogP contribution in [0, 0.1) is 11.6 Å². The van der Waals surface area contributed by atoms with Crippen LogP contribution in [0.4, 0.5) is 8.78 Å². The Labute approximate surface area is 150 Å². The van der Waals surface area contributed by atoms with E-state index < -0.39 is 0 Å². The number of rotatable bonds is 6. The molecule has 0 aliphatic carbocycles. The molecule has 2 aromatic carbocycles.